The molecule has 0 saturated heterocycles. The summed E-state index contributed by atoms with van der Waals surface area (Å²) in [5.74, 6) is -0.547. The van der Waals surface area contributed by atoms with Crippen molar-refractivity contribution in [2.24, 2.45) is 17.4 Å². The number of hydrogen-bond donors (Lipinski definition) is 4. The molecule has 9 heteroatoms. The number of rotatable bonds is 9. The lowest BCUT2D eigenvalue weighted by Gasteiger charge is -2.24. The second kappa shape index (κ2) is 8.50. The summed E-state index contributed by atoms with van der Waals surface area (Å²) in [5, 5.41) is 11.6. The number of hydrogen-bond acceptors (Lipinski definition) is 6. The van der Waals surface area contributed by atoms with E-state index in [1.54, 1.807) is 6.20 Å². The minimum Gasteiger partial charge on any atom is -0.365 e. The highest BCUT2D eigenvalue weighted by molar-refractivity contribution is 5.99. The Morgan fingerprint density at radius 1 is 1.32 bits per heavy atom. The maximum absolute atomic E-state index is 14.8. The summed E-state index contributed by atoms with van der Waals surface area (Å²) < 4.78 is 16.6. The number of amides is 1. The van der Waals surface area contributed by atoms with Crippen LogP contribution in [0.25, 0.3) is 10.9 Å². The van der Waals surface area contributed by atoms with Crippen LogP contribution < -0.4 is 22.1 Å². The fourth-order valence-corrected chi connectivity index (χ4v) is 3.70. The number of pyridine rings is 1. The molecule has 1 aliphatic rings. The van der Waals surface area contributed by atoms with Crippen molar-refractivity contribution >= 4 is 34.1 Å². The van der Waals surface area contributed by atoms with Crippen molar-refractivity contribution in [1.82, 2.24) is 14.8 Å². The molecule has 2 unspecified atom stereocenters. The topological polar surface area (TPSA) is 124 Å². The molecule has 164 valence electrons. The molecule has 1 amide bonds. The van der Waals surface area contributed by atoms with E-state index in [-0.39, 0.29) is 29.3 Å². The van der Waals surface area contributed by atoms with Crippen molar-refractivity contribution in [1.29, 1.82) is 0 Å². The first-order valence-electron chi connectivity index (χ1n) is 10.6. The molecular formula is C22H28FN7O. The first kappa shape index (κ1) is 21.0. The first-order valence-corrected chi connectivity index (χ1v) is 10.6. The smallest absolute Gasteiger partial charge is 0.252 e. The number of carbonyl (C=O) groups excluding carboxylic acids is 1. The van der Waals surface area contributed by atoms with Crippen LogP contribution in [0, 0.1) is 11.7 Å². The molecule has 1 aromatic carbocycles. The highest BCUT2D eigenvalue weighted by Gasteiger charge is 2.28. The van der Waals surface area contributed by atoms with Gasteiger partial charge in [0.15, 0.2) is 11.6 Å². The zero-order chi connectivity index (χ0) is 22.1. The van der Waals surface area contributed by atoms with Crippen molar-refractivity contribution in [3.63, 3.8) is 0 Å². The first-order chi connectivity index (χ1) is 14.9. The van der Waals surface area contributed by atoms with Gasteiger partial charge in [0.25, 0.3) is 5.91 Å². The predicted molar refractivity (Wildman–Crippen MR) is 120 cm³/mol. The molecule has 2 aromatic heterocycles. The van der Waals surface area contributed by atoms with E-state index in [9.17, 15) is 9.18 Å². The lowest BCUT2D eigenvalue weighted by molar-refractivity contribution is 0.100. The quantitative estimate of drug-likeness (QED) is 0.417. The third-order valence-electron chi connectivity index (χ3n) is 5.69. The van der Waals surface area contributed by atoms with Crippen LogP contribution in [0.4, 0.5) is 21.7 Å². The molecule has 8 nitrogen and oxygen atoms in total. The minimum absolute atomic E-state index is 0.0216. The fraction of sp³-hybridized carbons (Fsp3) is 0.409. The Hall–Kier alpha value is -3.20. The zero-order valence-electron chi connectivity index (χ0n) is 17.7. The van der Waals surface area contributed by atoms with Gasteiger partial charge in [-0.1, -0.05) is 12.8 Å². The van der Waals surface area contributed by atoms with E-state index in [2.05, 4.69) is 20.7 Å². The van der Waals surface area contributed by atoms with Crippen molar-refractivity contribution in [2.75, 3.05) is 10.6 Å². The van der Waals surface area contributed by atoms with Crippen molar-refractivity contribution in [3.8, 4) is 0 Å². The molecular weight excluding hydrogens is 397 g/mol. The lowest BCUT2D eigenvalue weighted by Crippen LogP contribution is -2.39. The fourth-order valence-electron chi connectivity index (χ4n) is 3.70. The maximum atomic E-state index is 14.8. The van der Waals surface area contributed by atoms with Crippen LogP contribution in [0.3, 0.4) is 0 Å². The molecule has 1 aliphatic carbocycles. The monoisotopic (exact) mass is 425 g/mol. The van der Waals surface area contributed by atoms with Gasteiger partial charge >= 0.3 is 0 Å². The number of aromatic nitrogens is 3. The van der Waals surface area contributed by atoms with E-state index in [1.165, 1.54) is 12.8 Å². The van der Waals surface area contributed by atoms with E-state index in [4.69, 9.17) is 11.5 Å². The molecule has 6 N–H and O–H groups in total. The van der Waals surface area contributed by atoms with Gasteiger partial charge in [-0.25, -0.2) is 9.37 Å². The summed E-state index contributed by atoms with van der Waals surface area (Å²) in [5.41, 5.74) is 13.2. The molecule has 2 atom stereocenters. The van der Waals surface area contributed by atoms with E-state index < -0.39 is 11.7 Å². The summed E-state index contributed by atoms with van der Waals surface area (Å²) in [6, 6.07) is 6.51. The highest BCUT2D eigenvalue weighted by Crippen LogP contribution is 2.35. The average Bonchev–Trinajstić information content (AvgIpc) is 3.46. The number of halogens is 1. The molecule has 1 saturated carbocycles. The number of benzene rings is 1. The van der Waals surface area contributed by atoms with E-state index in [0.717, 1.165) is 29.9 Å². The van der Waals surface area contributed by atoms with Crippen LogP contribution in [-0.4, -0.2) is 32.8 Å². The van der Waals surface area contributed by atoms with E-state index in [1.807, 2.05) is 36.7 Å². The van der Waals surface area contributed by atoms with Crippen LogP contribution >= 0.6 is 0 Å². The van der Waals surface area contributed by atoms with E-state index >= 15 is 0 Å². The Morgan fingerprint density at radius 2 is 2.10 bits per heavy atom. The summed E-state index contributed by atoms with van der Waals surface area (Å²) in [4.78, 5) is 16.3. The SMILES string of the molecule is CCn1ncc2ccc(Nc3nc(NC(CC4CC4)C(C)N)c(F)cc3C(N)=O)cc21. The lowest BCUT2D eigenvalue weighted by atomic mass is 10.0. The molecule has 0 bridgehead atoms. The number of nitrogens with one attached hydrogen (secondary N) is 2. The zero-order valence-corrected chi connectivity index (χ0v) is 17.7. The Balaban J connectivity index is 1.66. The maximum Gasteiger partial charge on any atom is 0.252 e. The number of anilines is 3. The molecule has 1 fully saturated rings. The predicted octanol–water partition coefficient (Wildman–Crippen LogP) is 3.36. The Kier molecular flexibility index (Phi) is 5.77. The summed E-state index contributed by atoms with van der Waals surface area (Å²) in [6.45, 7) is 4.62. The normalized spacial score (nSPS) is 15.6. The Labute approximate surface area is 180 Å². The second-order valence-corrected chi connectivity index (χ2v) is 8.23. The average molecular weight is 426 g/mol. The van der Waals surface area contributed by atoms with Crippen molar-refractivity contribution in [3.05, 3.63) is 41.8 Å². The third kappa shape index (κ3) is 4.61. The number of fused-ring (bicyclic) bond motifs is 1. The molecule has 0 spiro atoms. The number of nitrogens with two attached hydrogens (primary N) is 2. The van der Waals surface area contributed by atoms with E-state index in [0.29, 0.717) is 11.6 Å². The minimum atomic E-state index is -0.762. The summed E-state index contributed by atoms with van der Waals surface area (Å²) in [7, 11) is 0. The van der Waals surface area contributed by atoms with Gasteiger partial charge in [0, 0.05) is 29.7 Å². The molecule has 4 rings (SSSR count). The third-order valence-corrected chi connectivity index (χ3v) is 5.69. The van der Waals surface area contributed by atoms with Gasteiger partial charge in [0.1, 0.15) is 5.82 Å². The van der Waals surface area contributed by atoms with Crippen LogP contribution in [-0.2, 0) is 6.54 Å². The molecule has 0 radical (unpaired) electrons. The van der Waals surface area contributed by atoms with Gasteiger partial charge in [-0.3, -0.25) is 9.48 Å². The van der Waals surface area contributed by atoms with Crippen LogP contribution in [0.1, 0.15) is 43.5 Å². The van der Waals surface area contributed by atoms with Crippen molar-refractivity contribution in [2.45, 2.75) is 51.7 Å². The van der Waals surface area contributed by atoms with Crippen LogP contribution in [0.15, 0.2) is 30.5 Å². The molecule has 2 heterocycles. The largest absolute Gasteiger partial charge is 0.365 e. The van der Waals surface area contributed by atoms with Gasteiger partial charge < -0.3 is 22.1 Å². The molecule has 31 heavy (non-hydrogen) atoms. The van der Waals surface area contributed by atoms with Crippen LogP contribution in [0.2, 0.25) is 0 Å². The Morgan fingerprint density at radius 3 is 2.74 bits per heavy atom. The van der Waals surface area contributed by atoms with Gasteiger partial charge in [-0.2, -0.15) is 5.10 Å². The van der Waals surface area contributed by atoms with Gasteiger partial charge in [-0.05, 0) is 50.5 Å². The van der Waals surface area contributed by atoms with Gasteiger partial charge in [-0.15, -0.1) is 0 Å². The standard InChI is InChI=1S/C22H28FN7O/c1-3-30-19-9-15(7-6-14(19)11-26-30)27-21-16(20(25)31)10-17(23)22(29-21)28-18(12(2)24)8-13-4-5-13/h6-7,9-13,18H,3-5,8,24H2,1-2H3,(H2,25,31)(H2,27,28,29). The number of aryl methyl sites for hydroxylation is 1. The highest BCUT2D eigenvalue weighted by atomic mass is 19.1. The summed E-state index contributed by atoms with van der Waals surface area (Å²) in [6.07, 6.45) is 5.00. The van der Waals surface area contributed by atoms with Crippen molar-refractivity contribution < 1.29 is 9.18 Å². The second-order valence-electron chi connectivity index (χ2n) is 8.23. The van der Waals surface area contributed by atoms with Gasteiger partial charge in [0.2, 0.25) is 0 Å². The number of primary amides is 1. The number of nitrogens with zero attached hydrogens (tertiary/aromatic N) is 3. The molecule has 0 aliphatic heterocycles. The molecule has 3 aromatic rings. The summed E-state index contributed by atoms with van der Waals surface area (Å²) >= 11 is 0. The van der Waals surface area contributed by atoms with Crippen LogP contribution in [0.5, 0.6) is 0 Å². The van der Waals surface area contributed by atoms with Gasteiger partial charge in [0.05, 0.1) is 17.3 Å². The number of carbonyl (C=O) groups is 1. The Bertz CT molecular complexity index is 1110.